The molecule has 0 radical (unpaired) electrons. The lowest BCUT2D eigenvalue weighted by Gasteiger charge is -2.05. The van der Waals surface area contributed by atoms with Crippen LogP contribution in [0.5, 0.6) is 0 Å². The lowest BCUT2D eigenvalue weighted by molar-refractivity contribution is -0.117. The number of carbonyl (C=O) groups is 1. The number of benzene rings is 1. The highest BCUT2D eigenvalue weighted by Crippen LogP contribution is 2.14. The number of nitriles is 1. The topological polar surface area (TPSA) is 121 Å². The van der Waals surface area contributed by atoms with Crippen molar-refractivity contribution in [2.45, 2.75) is 18.4 Å². The van der Waals surface area contributed by atoms with E-state index in [4.69, 9.17) is 14.4 Å². The third-order valence-corrected chi connectivity index (χ3v) is 5.11. The van der Waals surface area contributed by atoms with E-state index in [-0.39, 0.29) is 29.3 Å². The van der Waals surface area contributed by atoms with Gasteiger partial charge in [-0.3, -0.25) is 4.79 Å². The maximum atomic E-state index is 12.3. The Balaban J connectivity index is 2.02. The van der Waals surface area contributed by atoms with Crippen LogP contribution in [0, 0.1) is 18.3 Å². The number of nitrogens with zero attached hydrogens (tertiary/aromatic N) is 1. The SMILES string of the molecule is COCCNC(=O)/C(C#N)=C\c1ccc(CNS(=O)(=O)c2ccc(C)cc2)o1. The molecule has 0 saturated carbocycles. The Morgan fingerprint density at radius 1 is 1.25 bits per heavy atom. The van der Waals surface area contributed by atoms with Gasteiger partial charge in [-0.1, -0.05) is 17.7 Å². The first kappa shape index (κ1) is 21.4. The molecule has 9 heteroatoms. The number of rotatable bonds is 9. The Hall–Kier alpha value is -2.93. The quantitative estimate of drug-likeness (QED) is 0.374. The highest BCUT2D eigenvalue weighted by Gasteiger charge is 2.15. The molecule has 8 nitrogen and oxygen atoms in total. The van der Waals surface area contributed by atoms with E-state index in [0.29, 0.717) is 12.4 Å². The van der Waals surface area contributed by atoms with Crippen LogP contribution in [-0.2, 0) is 26.1 Å². The zero-order chi connectivity index (χ0) is 20.6. The van der Waals surface area contributed by atoms with Crippen molar-refractivity contribution in [2.75, 3.05) is 20.3 Å². The van der Waals surface area contributed by atoms with Crippen LogP contribution in [0.4, 0.5) is 0 Å². The summed E-state index contributed by atoms with van der Waals surface area (Å²) in [6.07, 6.45) is 1.29. The summed E-state index contributed by atoms with van der Waals surface area (Å²) in [5.41, 5.74) is 0.832. The van der Waals surface area contributed by atoms with Crippen LogP contribution in [-0.4, -0.2) is 34.6 Å². The number of hydrogen-bond acceptors (Lipinski definition) is 6. The van der Waals surface area contributed by atoms with Crippen molar-refractivity contribution in [2.24, 2.45) is 0 Å². The summed E-state index contributed by atoms with van der Waals surface area (Å²) in [4.78, 5) is 12.1. The van der Waals surface area contributed by atoms with Gasteiger partial charge in [0.15, 0.2) is 0 Å². The van der Waals surface area contributed by atoms with E-state index >= 15 is 0 Å². The van der Waals surface area contributed by atoms with E-state index in [1.165, 1.54) is 25.3 Å². The molecule has 1 amide bonds. The Bertz CT molecular complexity index is 985. The monoisotopic (exact) mass is 403 g/mol. The summed E-state index contributed by atoms with van der Waals surface area (Å²) in [5, 5.41) is 11.7. The lowest BCUT2D eigenvalue weighted by atomic mass is 10.2. The van der Waals surface area contributed by atoms with Crippen LogP contribution in [0.3, 0.4) is 0 Å². The maximum absolute atomic E-state index is 12.3. The predicted molar refractivity (Wildman–Crippen MR) is 102 cm³/mol. The van der Waals surface area contributed by atoms with Crippen molar-refractivity contribution >= 4 is 22.0 Å². The number of methoxy groups -OCH3 is 1. The zero-order valence-corrected chi connectivity index (χ0v) is 16.4. The molecule has 1 heterocycles. The maximum Gasteiger partial charge on any atom is 0.262 e. The molecular weight excluding hydrogens is 382 g/mol. The van der Waals surface area contributed by atoms with Crippen molar-refractivity contribution in [1.29, 1.82) is 5.26 Å². The van der Waals surface area contributed by atoms with E-state index < -0.39 is 15.9 Å². The Morgan fingerprint density at radius 2 is 1.96 bits per heavy atom. The molecule has 0 unspecified atom stereocenters. The fourth-order valence-electron chi connectivity index (χ4n) is 2.19. The number of carbonyl (C=O) groups excluding carboxylic acids is 1. The minimum Gasteiger partial charge on any atom is -0.460 e. The van der Waals surface area contributed by atoms with Crippen LogP contribution in [0.1, 0.15) is 17.1 Å². The van der Waals surface area contributed by atoms with Gasteiger partial charge in [0.2, 0.25) is 10.0 Å². The van der Waals surface area contributed by atoms with Gasteiger partial charge in [-0.2, -0.15) is 5.26 Å². The second-order valence-electron chi connectivity index (χ2n) is 5.86. The average molecular weight is 403 g/mol. The van der Waals surface area contributed by atoms with Gasteiger partial charge in [0.25, 0.3) is 5.91 Å². The molecule has 0 bridgehead atoms. The van der Waals surface area contributed by atoms with Gasteiger partial charge in [-0.05, 0) is 31.2 Å². The number of nitrogens with one attached hydrogen (secondary N) is 2. The number of sulfonamides is 1. The van der Waals surface area contributed by atoms with Crippen molar-refractivity contribution in [3.63, 3.8) is 0 Å². The summed E-state index contributed by atoms with van der Waals surface area (Å²) in [6.45, 7) is 2.41. The number of hydrogen-bond donors (Lipinski definition) is 2. The molecule has 0 aliphatic carbocycles. The summed E-state index contributed by atoms with van der Waals surface area (Å²) >= 11 is 0. The average Bonchev–Trinajstić information content (AvgIpc) is 3.12. The summed E-state index contributed by atoms with van der Waals surface area (Å²) in [5.74, 6) is 0.0690. The Morgan fingerprint density at radius 3 is 2.61 bits per heavy atom. The van der Waals surface area contributed by atoms with Crippen molar-refractivity contribution in [3.05, 3.63) is 59.1 Å². The van der Waals surface area contributed by atoms with E-state index in [2.05, 4.69) is 10.0 Å². The number of ether oxygens (including phenoxy) is 1. The Kier molecular flexibility index (Phi) is 7.52. The molecule has 0 aliphatic heterocycles. The number of amides is 1. The van der Waals surface area contributed by atoms with Gasteiger partial charge in [0.1, 0.15) is 23.2 Å². The summed E-state index contributed by atoms with van der Waals surface area (Å²) in [6, 6.07) is 11.4. The lowest BCUT2D eigenvalue weighted by Crippen LogP contribution is -2.27. The molecule has 2 N–H and O–H groups in total. The number of furan rings is 1. The molecule has 0 saturated heterocycles. The van der Waals surface area contributed by atoms with E-state index in [9.17, 15) is 13.2 Å². The minimum atomic E-state index is -3.67. The van der Waals surface area contributed by atoms with E-state index in [1.807, 2.05) is 6.92 Å². The predicted octanol–water partition coefficient (Wildman–Crippen LogP) is 1.74. The molecular formula is C19H21N3O5S. The molecule has 0 aliphatic rings. The van der Waals surface area contributed by atoms with E-state index in [0.717, 1.165) is 5.56 Å². The van der Waals surface area contributed by atoms with Crippen molar-refractivity contribution in [1.82, 2.24) is 10.0 Å². The molecule has 2 aromatic rings. The first-order chi connectivity index (χ1) is 13.4. The fraction of sp³-hybridized carbons (Fsp3) is 0.263. The second kappa shape index (κ2) is 9.85. The van der Waals surface area contributed by atoms with Crippen LogP contribution in [0.15, 0.2) is 51.3 Å². The van der Waals surface area contributed by atoms with E-state index in [1.54, 1.807) is 30.3 Å². The normalized spacial score (nSPS) is 11.8. The molecule has 1 aromatic heterocycles. The largest absolute Gasteiger partial charge is 0.460 e. The smallest absolute Gasteiger partial charge is 0.262 e. The molecule has 2 rings (SSSR count). The van der Waals surface area contributed by atoms with Gasteiger partial charge >= 0.3 is 0 Å². The Labute approximate surface area is 163 Å². The van der Waals surface area contributed by atoms with Crippen molar-refractivity contribution in [3.8, 4) is 6.07 Å². The van der Waals surface area contributed by atoms with Crippen LogP contribution in [0.2, 0.25) is 0 Å². The highest BCUT2D eigenvalue weighted by molar-refractivity contribution is 7.89. The molecule has 0 fully saturated rings. The van der Waals surface area contributed by atoms with Crippen LogP contribution >= 0.6 is 0 Å². The molecule has 0 atom stereocenters. The van der Waals surface area contributed by atoms with Crippen LogP contribution in [0.25, 0.3) is 6.08 Å². The first-order valence-corrected chi connectivity index (χ1v) is 9.88. The zero-order valence-electron chi connectivity index (χ0n) is 15.6. The molecule has 1 aromatic carbocycles. The molecule has 148 valence electrons. The van der Waals surface area contributed by atoms with Crippen LogP contribution < -0.4 is 10.0 Å². The third-order valence-electron chi connectivity index (χ3n) is 3.69. The standard InChI is InChI=1S/C19H21N3O5S/c1-14-3-7-18(8-4-14)28(24,25)22-13-17-6-5-16(27-17)11-15(12-20)19(23)21-9-10-26-2/h3-8,11,22H,9-10,13H2,1-2H3,(H,21,23)/b15-11-. The third kappa shape index (κ3) is 6.06. The highest BCUT2D eigenvalue weighted by atomic mass is 32.2. The molecule has 28 heavy (non-hydrogen) atoms. The number of aryl methyl sites for hydroxylation is 1. The van der Waals surface area contributed by atoms with Gasteiger partial charge in [-0.25, -0.2) is 13.1 Å². The van der Waals surface area contributed by atoms with Gasteiger partial charge in [-0.15, -0.1) is 0 Å². The minimum absolute atomic E-state index is 0.0635. The first-order valence-electron chi connectivity index (χ1n) is 8.39. The second-order valence-corrected chi connectivity index (χ2v) is 7.63. The molecule has 0 spiro atoms. The van der Waals surface area contributed by atoms with Gasteiger partial charge in [0.05, 0.1) is 18.0 Å². The van der Waals surface area contributed by atoms with Crippen molar-refractivity contribution < 1.29 is 22.4 Å². The van der Waals surface area contributed by atoms with Gasteiger partial charge in [0, 0.05) is 19.7 Å². The fourth-order valence-corrected chi connectivity index (χ4v) is 3.18. The summed E-state index contributed by atoms with van der Waals surface area (Å²) < 4.78 is 37.3. The van der Waals surface area contributed by atoms with Gasteiger partial charge < -0.3 is 14.5 Å². The summed E-state index contributed by atoms with van der Waals surface area (Å²) in [7, 11) is -2.17.